The summed E-state index contributed by atoms with van der Waals surface area (Å²) in [7, 11) is 0. The molecule has 1 aromatic heterocycles. The lowest BCUT2D eigenvalue weighted by Crippen LogP contribution is -2.39. The van der Waals surface area contributed by atoms with Gasteiger partial charge < -0.3 is 10.8 Å². The zero-order valence-corrected chi connectivity index (χ0v) is 11.5. The second-order valence-electron chi connectivity index (χ2n) is 5.44. The van der Waals surface area contributed by atoms with Crippen LogP contribution in [0.2, 0.25) is 0 Å². The second kappa shape index (κ2) is 5.74. The van der Waals surface area contributed by atoms with Gasteiger partial charge in [0.15, 0.2) is 0 Å². The molecule has 5 heteroatoms. The van der Waals surface area contributed by atoms with E-state index in [1.165, 1.54) is 0 Å². The minimum absolute atomic E-state index is 0.137. The Hall–Kier alpha value is -1.36. The van der Waals surface area contributed by atoms with Crippen LogP contribution in [0, 0.1) is 5.41 Å². The lowest BCUT2D eigenvalue weighted by Gasteiger charge is -2.33. The number of carboxylic acids is 1. The lowest BCUT2D eigenvalue weighted by atomic mass is 9.72. The first kappa shape index (κ1) is 14.1. The van der Waals surface area contributed by atoms with Crippen molar-refractivity contribution in [3.8, 4) is 0 Å². The van der Waals surface area contributed by atoms with Crippen molar-refractivity contribution in [2.75, 3.05) is 6.54 Å². The molecule has 0 radical (unpaired) electrons. The summed E-state index contributed by atoms with van der Waals surface area (Å²) in [5.74, 6) is -0.841. The summed E-state index contributed by atoms with van der Waals surface area (Å²) in [4.78, 5) is 11.8. The number of rotatable bonds is 6. The van der Waals surface area contributed by atoms with E-state index in [4.69, 9.17) is 5.73 Å². The molecule has 2 rings (SSSR count). The highest BCUT2D eigenvalue weighted by atomic mass is 16.4. The molecule has 0 saturated heterocycles. The highest BCUT2D eigenvalue weighted by Gasteiger charge is 2.48. The lowest BCUT2D eigenvalue weighted by molar-refractivity contribution is -0.150. The molecule has 0 aromatic carbocycles. The summed E-state index contributed by atoms with van der Waals surface area (Å²) in [6, 6.07) is 1.93. The summed E-state index contributed by atoms with van der Waals surface area (Å²) in [5.41, 5.74) is 6.21. The maximum Gasteiger partial charge on any atom is 0.310 e. The van der Waals surface area contributed by atoms with Gasteiger partial charge in [-0.25, -0.2) is 0 Å². The van der Waals surface area contributed by atoms with Crippen LogP contribution >= 0.6 is 0 Å². The third kappa shape index (κ3) is 2.39. The van der Waals surface area contributed by atoms with Crippen LogP contribution in [0.15, 0.2) is 12.3 Å². The fraction of sp³-hybridized carbons (Fsp3) is 0.714. The Morgan fingerprint density at radius 1 is 1.58 bits per heavy atom. The molecule has 1 aliphatic carbocycles. The van der Waals surface area contributed by atoms with Gasteiger partial charge in [0, 0.05) is 30.9 Å². The van der Waals surface area contributed by atoms with Gasteiger partial charge in [-0.15, -0.1) is 0 Å². The Labute approximate surface area is 113 Å². The van der Waals surface area contributed by atoms with E-state index in [1.54, 1.807) is 6.20 Å². The van der Waals surface area contributed by atoms with E-state index in [9.17, 15) is 9.90 Å². The normalized spacial score (nSPS) is 19.5. The monoisotopic (exact) mass is 265 g/mol. The van der Waals surface area contributed by atoms with Gasteiger partial charge in [0.05, 0.1) is 5.41 Å². The van der Waals surface area contributed by atoms with Crippen molar-refractivity contribution in [1.29, 1.82) is 0 Å². The second-order valence-corrected chi connectivity index (χ2v) is 5.44. The van der Waals surface area contributed by atoms with Gasteiger partial charge in [0.2, 0.25) is 0 Å². The molecule has 106 valence electrons. The fourth-order valence-electron chi connectivity index (χ4n) is 3.38. The zero-order valence-electron chi connectivity index (χ0n) is 11.5. The maximum atomic E-state index is 11.8. The summed E-state index contributed by atoms with van der Waals surface area (Å²) in [5, 5.41) is 14.0. The van der Waals surface area contributed by atoms with Crippen LogP contribution in [-0.4, -0.2) is 27.4 Å². The molecule has 1 saturated carbocycles. The third-order valence-corrected chi connectivity index (χ3v) is 4.37. The summed E-state index contributed by atoms with van der Waals surface area (Å²) < 4.78 is 1.92. The third-order valence-electron chi connectivity index (χ3n) is 4.37. The first-order valence-corrected chi connectivity index (χ1v) is 7.11. The van der Waals surface area contributed by atoms with Gasteiger partial charge in [-0.3, -0.25) is 9.48 Å². The minimum atomic E-state index is -0.704. The molecule has 1 heterocycles. The molecule has 1 aliphatic rings. The van der Waals surface area contributed by atoms with Crippen LogP contribution < -0.4 is 5.73 Å². The number of nitrogens with zero attached hydrogens (tertiary/aromatic N) is 2. The molecule has 5 nitrogen and oxygen atoms in total. The van der Waals surface area contributed by atoms with Gasteiger partial charge in [0.25, 0.3) is 0 Å². The van der Waals surface area contributed by atoms with Crippen molar-refractivity contribution >= 4 is 5.97 Å². The summed E-state index contributed by atoms with van der Waals surface area (Å²) in [6.07, 6.45) is 6.13. The van der Waals surface area contributed by atoms with Crippen LogP contribution in [0.5, 0.6) is 0 Å². The Kier molecular flexibility index (Phi) is 4.24. The Morgan fingerprint density at radius 2 is 2.26 bits per heavy atom. The van der Waals surface area contributed by atoms with Crippen LogP contribution in [0.4, 0.5) is 0 Å². The minimum Gasteiger partial charge on any atom is -0.481 e. The predicted molar refractivity (Wildman–Crippen MR) is 72.9 cm³/mol. The average molecular weight is 265 g/mol. The SMILES string of the molecule is CCCn1nccc1C(CN)C1(C(=O)O)CCCC1. The summed E-state index contributed by atoms with van der Waals surface area (Å²) in [6.45, 7) is 3.27. The van der Waals surface area contributed by atoms with Crippen molar-refractivity contribution in [2.24, 2.45) is 11.1 Å². The standard InChI is InChI=1S/C14H23N3O2/c1-2-9-17-12(5-8-16-17)11(10-15)14(13(18)19)6-3-4-7-14/h5,8,11H,2-4,6-7,9-10,15H2,1H3,(H,18,19). The number of aryl methyl sites for hydroxylation is 1. The number of carbonyl (C=O) groups is 1. The Balaban J connectivity index is 2.37. The van der Waals surface area contributed by atoms with Crippen LogP contribution in [0.1, 0.15) is 50.6 Å². The van der Waals surface area contributed by atoms with E-state index in [-0.39, 0.29) is 5.92 Å². The van der Waals surface area contributed by atoms with Gasteiger partial charge >= 0.3 is 5.97 Å². The molecule has 1 atom stereocenters. The molecular weight excluding hydrogens is 242 g/mol. The van der Waals surface area contributed by atoms with Crippen LogP contribution in [0.3, 0.4) is 0 Å². The van der Waals surface area contributed by atoms with E-state index < -0.39 is 11.4 Å². The topological polar surface area (TPSA) is 81.1 Å². The van der Waals surface area contributed by atoms with Crippen molar-refractivity contribution in [1.82, 2.24) is 9.78 Å². The Morgan fingerprint density at radius 3 is 2.79 bits per heavy atom. The molecule has 3 N–H and O–H groups in total. The number of nitrogens with two attached hydrogens (primary N) is 1. The largest absolute Gasteiger partial charge is 0.481 e. The molecular formula is C14H23N3O2. The predicted octanol–water partition coefficient (Wildman–Crippen LogP) is 1.98. The van der Waals surface area contributed by atoms with Gasteiger partial charge in [-0.1, -0.05) is 19.8 Å². The first-order chi connectivity index (χ1) is 9.15. The fourth-order valence-corrected chi connectivity index (χ4v) is 3.38. The highest BCUT2D eigenvalue weighted by Crippen LogP contribution is 2.48. The van der Waals surface area contributed by atoms with Gasteiger partial charge in [-0.05, 0) is 25.3 Å². The molecule has 0 bridgehead atoms. The number of hydrogen-bond donors (Lipinski definition) is 2. The van der Waals surface area contributed by atoms with Gasteiger partial charge in [-0.2, -0.15) is 5.10 Å². The van der Waals surface area contributed by atoms with E-state index in [2.05, 4.69) is 12.0 Å². The quantitative estimate of drug-likeness (QED) is 0.824. The highest BCUT2D eigenvalue weighted by molar-refractivity contribution is 5.76. The molecule has 1 fully saturated rings. The maximum absolute atomic E-state index is 11.8. The summed E-state index contributed by atoms with van der Waals surface area (Å²) >= 11 is 0. The van der Waals surface area contributed by atoms with Crippen LogP contribution in [-0.2, 0) is 11.3 Å². The number of aromatic nitrogens is 2. The van der Waals surface area contributed by atoms with Crippen molar-refractivity contribution < 1.29 is 9.90 Å². The molecule has 1 aromatic rings. The average Bonchev–Trinajstić information content (AvgIpc) is 3.02. The van der Waals surface area contributed by atoms with E-state index in [0.717, 1.165) is 44.3 Å². The van der Waals surface area contributed by atoms with Crippen molar-refractivity contribution in [3.05, 3.63) is 18.0 Å². The molecule has 0 aliphatic heterocycles. The number of aliphatic carboxylic acids is 1. The zero-order chi connectivity index (χ0) is 13.9. The number of carboxylic acid groups (broad SMARTS) is 1. The van der Waals surface area contributed by atoms with E-state index in [0.29, 0.717) is 6.54 Å². The number of hydrogen-bond acceptors (Lipinski definition) is 3. The van der Waals surface area contributed by atoms with Crippen molar-refractivity contribution in [2.45, 2.75) is 51.5 Å². The Bertz CT molecular complexity index is 436. The molecule has 0 amide bonds. The first-order valence-electron chi connectivity index (χ1n) is 7.11. The van der Waals surface area contributed by atoms with Crippen LogP contribution in [0.25, 0.3) is 0 Å². The smallest absolute Gasteiger partial charge is 0.310 e. The molecule has 19 heavy (non-hydrogen) atoms. The molecule has 0 spiro atoms. The van der Waals surface area contributed by atoms with E-state index in [1.807, 2.05) is 10.7 Å². The molecule has 1 unspecified atom stereocenters. The van der Waals surface area contributed by atoms with E-state index >= 15 is 0 Å². The van der Waals surface area contributed by atoms with Gasteiger partial charge in [0.1, 0.15) is 0 Å². The van der Waals surface area contributed by atoms with Crippen molar-refractivity contribution in [3.63, 3.8) is 0 Å².